The van der Waals surface area contributed by atoms with Gasteiger partial charge in [-0.1, -0.05) is 19.3 Å². The number of methoxy groups -OCH3 is 1. The van der Waals surface area contributed by atoms with Gasteiger partial charge in [-0.15, -0.1) is 11.3 Å². The van der Waals surface area contributed by atoms with Crippen LogP contribution in [-0.2, 0) is 21.4 Å². The molecule has 0 N–H and O–H groups in total. The summed E-state index contributed by atoms with van der Waals surface area (Å²) < 4.78 is 23.8. The number of piperidine rings is 1. The van der Waals surface area contributed by atoms with Gasteiger partial charge < -0.3 is 9.47 Å². The predicted octanol–water partition coefficient (Wildman–Crippen LogP) is 4.75. The normalized spacial score (nSPS) is 28.3. The van der Waals surface area contributed by atoms with Gasteiger partial charge in [0.15, 0.2) is 0 Å². The summed E-state index contributed by atoms with van der Waals surface area (Å²) in [7, 11) is 1.68. The highest BCUT2D eigenvalue weighted by Crippen LogP contribution is 2.49. The minimum absolute atomic E-state index is 0.0750. The molecule has 2 heterocycles. The first-order valence-corrected chi connectivity index (χ1v) is 10.6. The molecule has 2 fully saturated rings. The van der Waals surface area contributed by atoms with Gasteiger partial charge in [0.05, 0.1) is 18.8 Å². The number of rotatable bonds is 8. The summed E-state index contributed by atoms with van der Waals surface area (Å²) >= 11 is 1.83. The third kappa shape index (κ3) is 4.26. The van der Waals surface area contributed by atoms with Crippen molar-refractivity contribution in [1.82, 2.24) is 4.90 Å². The fourth-order valence-electron chi connectivity index (χ4n) is 4.75. The topological polar surface area (TPSA) is 21.7 Å². The molecule has 25 heavy (non-hydrogen) atoms. The number of halogens is 1. The van der Waals surface area contributed by atoms with E-state index >= 15 is 0 Å². The number of thiophene rings is 1. The lowest BCUT2D eigenvalue weighted by Gasteiger charge is -2.52. The van der Waals surface area contributed by atoms with Crippen LogP contribution in [0.25, 0.3) is 0 Å². The summed E-state index contributed by atoms with van der Waals surface area (Å²) in [4.78, 5) is 5.35. The first-order valence-electron chi connectivity index (χ1n) is 9.78. The Labute approximate surface area is 155 Å². The summed E-state index contributed by atoms with van der Waals surface area (Å²) in [5.41, 5.74) is 0.0750. The number of alkyl halides is 1. The van der Waals surface area contributed by atoms with Gasteiger partial charge in [-0.05, 0) is 50.9 Å². The van der Waals surface area contributed by atoms with Crippen LogP contribution in [0.5, 0.6) is 0 Å². The molecule has 0 aromatic carbocycles. The summed E-state index contributed by atoms with van der Waals surface area (Å²) in [5, 5.41) is 0. The van der Waals surface area contributed by atoms with E-state index in [0.717, 1.165) is 6.61 Å². The number of nitrogens with zero attached hydrogens (tertiary/aromatic N) is 1. The van der Waals surface area contributed by atoms with Crippen LogP contribution in [0.2, 0.25) is 0 Å². The van der Waals surface area contributed by atoms with Crippen molar-refractivity contribution in [2.75, 3.05) is 40.3 Å². The average molecular weight is 370 g/mol. The molecule has 5 heteroatoms. The molecule has 1 aliphatic carbocycles. The molecule has 1 aromatic rings. The number of hydrogen-bond donors (Lipinski definition) is 0. The van der Waals surface area contributed by atoms with Crippen LogP contribution in [0.4, 0.5) is 4.39 Å². The zero-order chi connectivity index (χ0) is 17.5. The maximum atomic E-state index is 12.8. The molecule has 1 aromatic heterocycles. The molecular weight excluding hydrogens is 337 g/mol. The molecule has 142 valence electrons. The summed E-state index contributed by atoms with van der Waals surface area (Å²) in [6, 6.07) is 4.42. The molecule has 0 radical (unpaired) electrons. The van der Waals surface area contributed by atoms with Gasteiger partial charge in [0, 0.05) is 29.2 Å². The first kappa shape index (κ1) is 19.3. The van der Waals surface area contributed by atoms with Crippen molar-refractivity contribution in [3.05, 3.63) is 21.9 Å². The smallest absolute Gasteiger partial charge is 0.146 e. The fraction of sp³-hybridized carbons (Fsp3) is 0.800. The summed E-state index contributed by atoms with van der Waals surface area (Å²) in [5.74, 6) is 0.492. The molecule has 0 amide bonds. The molecule has 3 rings (SSSR count). The Hall–Kier alpha value is -0.490. The van der Waals surface area contributed by atoms with Crippen LogP contribution in [0.1, 0.15) is 54.7 Å². The zero-order valence-corrected chi connectivity index (χ0v) is 16.3. The molecule has 3 nitrogen and oxygen atoms in total. The van der Waals surface area contributed by atoms with Gasteiger partial charge in [-0.3, -0.25) is 9.29 Å². The van der Waals surface area contributed by atoms with Crippen molar-refractivity contribution in [3.63, 3.8) is 0 Å². The van der Waals surface area contributed by atoms with Gasteiger partial charge in [0.1, 0.15) is 6.79 Å². The Balaban J connectivity index is 1.90. The minimum Gasteiger partial charge on any atom is -0.359 e. The van der Waals surface area contributed by atoms with Crippen LogP contribution in [0, 0.1) is 5.92 Å². The number of aryl methyl sites for hydroxylation is 1. The van der Waals surface area contributed by atoms with E-state index in [2.05, 4.69) is 17.0 Å². The number of likely N-dealkylation sites (tertiary alicyclic amines) is 1. The van der Waals surface area contributed by atoms with Gasteiger partial charge in [-0.25, -0.2) is 0 Å². The second-order valence-corrected chi connectivity index (χ2v) is 8.57. The number of ether oxygens (including phenoxy) is 2. The summed E-state index contributed by atoms with van der Waals surface area (Å²) in [6.45, 7) is 3.20. The maximum absolute atomic E-state index is 12.8. The van der Waals surface area contributed by atoms with Crippen LogP contribution < -0.4 is 0 Å². The van der Waals surface area contributed by atoms with E-state index in [9.17, 15) is 4.39 Å². The van der Waals surface area contributed by atoms with Crippen LogP contribution in [-0.4, -0.2) is 45.2 Å². The second-order valence-electron chi connectivity index (χ2n) is 7.40. The lowest BCUT2D eigenvalue weighted by molar-refractivity contribution is -0.0916. The minimum atomic E-state index is -0.267. The van der Waals surface area contributed by atoms with Crippen molar-refractivity contribution in [1.29, 1.82) is 0 Å². The Morgan fingerprint density at radius 1 is 1.20 bits per heavy atom. The van der Waals surface area contributed by atoms with E-state index in [0.29, 0.717) is 19.1 Å². The highest BCUT2D eigenvalue weighted by Gasteiger charge is 2.47. The molecule has 1 saturated heterocycles. The van der Waals surface area contributed by atoms with Crippen molar-refractivity contribution in [2.24, 2.45) is 5.92 Å². The molecule has 0 bridgehead atoms. The van der Waals surface area contributed by atoms with E-state index in [1.54, 1.807) is 7.11 Å². The Bertz CT molecular complexity index is 518. The molecule has 0 spiro atoms. The second kappa shape index (κ2) is 9.45. The highest BCUT2D eigenvalue weighted by atomic mass is 32.1. The van der Waals surface area contributed by atoms with Crippen molar-refractivity contribution in [3.8, 4) is 0 Å². The quantitative estimate of drug-likeness (QED) is 0.487. The predicted molar refractivity (Wildman–Crippen MR) is 101 cm³/mol. The van der Waals surface area contributed by atoms with E-state index in [1.807, 2.05) is 11.3 Å². The lowest BCUT2D eigenvalue weighted by atomic mass is 9.70. The van der Waals surface area contributed by atoms with E-state index in [-0.39, 0.29) is 12.2 Å². The summed E-state index contributed by atoms with van der Waals surface area (Å²) in [6.07, 6.45) is 9.42. The Morgan fingerprint density at radius 3 is 2.80 bits per heavy atom. The molecule has 2 atom stereocenters. The Kier molecular flexibility index (Phi) is 7.28. The van der Waals surface area contributed by atoms with Crippen LogP contribution in [0.3, 0.4) is 0 Å². The van der Waals surface area contributed by atoms with Crippen molar-refractivity contribution < 1.29 is 13.9 Å². The molecule has 2 aliphatic rings. The fourth-order valence-corrected chi connectivity index (χ4v) is 6.06. The van der Waals surface area contributed by atoms with Gasteiger partial charge in [0.25, 0.3) is 0 Å². The molecule has 1 saturated carbocycles. The number of hydrogen-bond acceptors (Lipinski definition) is 4. The van der Waals surface area contributed by atoms with Crippen molar-refractivity contribution in [2.45, 2.75) is 56.9 Å². The third-order valence-corrected chi connectivity index (χ3v) is 7.22. The average Bonchev–Trinajstić information content (AvgIpc) is 3.12. The SMILES string of the molecule is COCOC[C@@H]1CCCC[C@]1(c1ccc(CCF)s1)N1CCCCC1. The lowest BCUT2D eigenvalue weighted by Crippen LogP contribution is -2.55. The highest BCUT2D eigenvalue weighted by molar-refractivity contribution is 7.12. The first-order chi connectivity index (χ1) is 12.3. The van der Waals surface area contributed by atoms with E-state index in [4.69, 9.17) is 9.47 Å². The molecule has 0 unspecified atom stereocenters. The van der Waals surface area contributed by atoms with E-state index < -0.39 is 0 Å². The van der Waals surface area contributed by atoms with Gasteiger partial charge in [0.2, 0.25) is 0 Å². The van der Waals surface area contributed by atoms with Gasteiger partial charge >= 0.3 is 0 Å². The monoisotopic (exact) mass is 369 g/mol. The van der Waals surface area contributed by atoms with Crippen molar-refractivity contribution >= 4 is 11.3 Å². The van der Waals surface area contributed by atoms with E-state index in [1.165, 1.54) is 67.8 Å². The molecular formula is C20H32FNO2S. The van der Waals surface area contributed by atoms with Crippen LogP contribution in [0.15, 0.2) is 12.1 Å². The Morgan fingerprint density at radius 2 is 2.04 bits per heavy atom. The third-order valence-electron chi connectivity index (χ3n) is 5.91. The zero-order valence-electron chi connectivity index (χ0n) is 15.5. The molecule has 1 aliphatic heterocycles. The van der Waals surface area contributed by atoms with Gasteiger partial charge in [-0.2, -0.15) is 0 Å². The standard InChI is InChI=1S/C20H32FNO2S/c1-23-16-24-15-17-7-3-4-11-20(17,22-13-5-2-6-14-22)19-9-8-18(25-19)10-12-21/h8-9,17H,2-7,10-16H2,1H3/t17-,20-/m0/s1. The largest absolute Gasteiger partial charge is 0.359 e. The maximum Gasteiger partial charge on any atom is 0.146 e. The van der Waals surface area contributed by atoms with Crippen LogP contribution >= 0.6 is 11.3 Å².